The molecule has 2 aliphatic carbocycles. The minimum Gasteiger partial charge on any atom is -0.512 e. The quantitative estimate of drug-likeness (QED) is 0.181. The molecule has 1 fully saturated rings. The van der Waals surface area contributed by atoms with Gasteiger partial charge in [0.25, 0.3) is 0 Å². The van der Waals surface area contributed by atoms with Crippen molar-refractivity contribution in [1.82, 2.24) is 10.6 Å². The largest absolute Gasteiger partial charge is 0.512 e. The number of hydrogen-bond donors (Lipinski definition) is 4. The average molecular weight is 551 g/mol. The predicted octanol–water partition coefficient (Wildman–Crippen LogP) is 8.47. The van der Waals surface area contributed by atoms with E-state index >= 15 is 0 Å². The Morgan fingerprint density at radius 1 is 1.23 bits per heavy atom. The van der Waals surface area contributed by atoms with Crippen LogP contribution >= 0.6 is 12.6 Å². The van der Waals surface area contributed by atoms with E-state index in [1.807, 2.05) is 6.92 Å². The topological polar surface area (TPSA) is 44.3 Å². The predicted molar refractivity (Wildman–Crippen MR) is 171 cm³/mol. The monoisotopic (exact) mass is 550 g/mol. The normalized spacial score (nSPS) is 38.9. The summed E-state index contributed by atoms with van der Waals surface area (Å²) in [7, 11) is 0. The Labute approximate surface area is 244 Å². The number of allylic oxidation sites excluding steroid dienone is 4. The molecule has 4 heteroatoms. The maximum Gasteiger partial charge on any atom is 0.0958 e. The molecule has 8 atom stereocenters. The average Bonchev–Trinajstić information content (AvgIpc) is 3.08. The highest BCUT2D eigenvalue weighted by Crippen LogP contribution is 2.57. The summed E-state index contributed by atoms with van der Waals surface area (Å²) in [5, 5.41) is 18.7. The SMILES string of the molecule is C=CC1=C2NC/C(=C(/CC)C3C(C)C(CC(C)CC)CNC3(C=C)CC)CC1CC1CC(O)=C(C)C(=C)C21S. The lowest BCUT2D eigenvalue weighted by molar-refractivity contribution is 0.0927. The van der Waals surface area contributed by atoms with Crippen molar-refractivity contribution < 1.29 is 5.11 Å². The van der Waals surface area contributed by atoms with Crippen LogP contribution in [0.5, 0.6) is 0 Å². The molecule has 3 nitrogen and oxygen atoms in total. The van der Waals surface area contributed by atoms with Gasteiger partial charge in [-0.15, -0.1) is 6.58 Å². The molecule has 0 spiro atoms. The third-order valence-corrected chi connectivity index (χ3v) is 12.2. The van der Waals surface area contributed by atoms with Crippen molar-refractivity contribution in [3.63, 3.8) is 0 Å². The van der Waals surface area contributed by atoms with Crippen LogP contribution in [0, 0.1) is 35.5 Å². The van der Waals surface area contributed by atoms with Crippen LogP contribution in [0.25, 0.3) is 0 Å². The molecule has 3 N–H and O–H groups in total. The Morgan fingerprint density at radius 3 is 2.54 bits per heavy atom. The minimum atomic E-state index is -0.493. The highest BCUT2D eigenvalue weighted by Gasteiger charge is 2.52. The van der Waals surface area contributed by atoms with E-state index in [-0.39, 0.29) is 11.5 Å². The van der Waals surface area contributed by atoms with Gasteiger partial charge in [0.15, 0.2) is 0 Å². The second kappa shape index (κ2) is 11.7. The van der Waals surface area contributed by atoms with Crippen LogP contribution < -0.4 is 10.6 Å². The summed E-state index contributed by atoms with van der Waals surface area (Å²) in [6.45, 7) is 28.9. The zero-order valence-corrected chi connectivity index (χ0v) is 26.4. The van der Waals surface area contributed by atoms with Gasteiger partial charge in [-0.1, -0.05) is 77.5 Å². The first-order valence-electron chi connectivity index (χ1n) is 15.5. The lowest BCUT2D eigenvalue weighted by Crippen LogP contribution is -2.60. The summed E-state index contributed by atoms with van der Waals surface area (Å²) in [4.78, 5) is 0. The summed E-state index contributed by atoms with van der Waals surface area (Å²) < 4.78 is -0.493. The van der Waals surface area contributed by atoms with Crippen molar-refractivity contribution in [3.8, 4) is 0 Å². The van der Waals surface area contributed by atoms with Crippen LogP contribution in [-0.2, 0) is 0 Å². The van der Waals surface area contributed by atoms with Gasteiger partial charge in [-0.05, 0) is 91.9 Å². The van der Waals surface area contributed by atoms with Crippen molar-refractivity contribution in [3.05, 3.63) is 71.2 Å². The molecule has 216 valence electrons. The molecule has 0 aromatic carbocycles. The summed E-state index contributed by atoms with van der Waals surface area (Å²) in [5.74, 6) is 3.49. The first-order valence-corrected chi connectivity index (χ1v) is 16.0. The second-order valence-corrected chi connectivity index (χ2v) is 13.8. The van der Waals surface area contributed by atoms with Crippen LogP contribution in [0.4, 0.5) is 0 Å². The molecule has 4 rings (SSSR count). The Hall–Kier alpha value is -1.65. The van der Waals surface area contributed by atoms with Gasteiger partial charge in [0.1, 0.15) is 0 Å². The molecule has 8 unspecified atom stereocenters. The van der Waals surface area contributed by atoms with E-state index in [1.165, 1.54) is 24.1 Å². The van der Waals surface area contributed by atoms with E-state index in [4.69, 9.17) is 12.6 Å². The molecule has 2 aliphatic heterocycles. The number of piperidine rings is 1. The Bertz CT molecular complexity index is 1100. The number of fused-ring (bicyclic) bond motifs is 3. The Kier molecular flexibility index (Phi) is 9.08. The molecule has 2 bridgehead atoms. The van der Waals surface area contributed by atoms with Crippen LogP contribution in [0.1, 0.15) is 86.5 Å². The number of hydrogen-bond acceptors (Lipinski definition) is 4. The minimum absolute atomic E-state index is 0.0803. The molecule has 0 aromatic rings. The third kappa shape index (κ3) is 4.92. The molecule has 0 amide bonds. The number of aliphatic hydroxyl groups is 1. The summed E-state index contributed by atoms with van der Waals surface area (Å²) in [6.07, 6.45) is 11.6. The highest BCUT2D eigenvalue weighted by atomic mass is 32.1. The highest BCUT2D eigenvalue weighted by molar-refractivity contribution is 7.82. The molecule has 4 aliphatic rings. The molecular weight excluding hydrogens is 496 g/mol. The molecule has 1 saturated heterocycles. The zero-order chi connectivity index (χ0) is 28.7. The fourth-order valence-corrected chi connectivity index (χ4v) is 9.17. The van der Waals surface area contributed by atoms with Crippen molar-refractivity contribution in [2.45, 2.75) is 96.8 Å². The standard InChI is InChI=1S/C35H54N2OS/c1-10-21(6)15-26-20-37-34(13-4,14-5)32(23(26)8)29(11-2)27-16-25-17-28-18-31(38)22(7)24(9)35(28,39)33(36-19-27)30(25)12-3/h12-13,21,23,25-26,28,32,36-39H,3-4,9-11,14-20H2,1-2,5-8H3/b29-27-. The van der Waals surface area contributed by atoms with Crippen LogP contribution in [0.15, 0.2) is 71.2 Å². The Morgan fingerprint density at radius 2 is 1.95 bits per heavy atom. The second-order valence-electron chi connectivity index (χ2n) is 13.0. The number of rotatable bonds is 8. The van der Waals surface area contributed by atoms with Crippen LogP contribution in [-0.4, -0.2) is 28.5 Å². The van der Waals surface area contributed by atoms with Crippen molar-refractivity contribution >= 4 is 12.6 Å². The smallest absolute Gasteiger partial charge is 0.0958 e. The van der Waals surface area contributed by atoms with Crippen molar-refractivity contribution in [1.29, 1.82) is 0 Å². The fraction of sp³-hybridized carbons (Fsp3) is 0.657. The molecule has 0 saturated carbocycles. The van der Waals surface area contributed by atoms with Gasteiger partial charge in [0.2, 0.25) is 0 Å². The number of aliphatic hydroxyl groups excluding tert-OH is 1. The summed E-state index contributed by atoms with van der Waals surface area (Å²) in [6, 6.07) is 0. The maximum absolute atomic E-state index is 10.8. The van der Waals surface area contributed by atoms with Gasteiger partial charge in [0.05, 0.1) is 10.5 Å². The van der Waals surface area contributed by atoms with Crippen LogP contribution in [0.2, 0.25) is 0 Å². The first kappa shape index (κ1) is 30.3. The van der Waals surface area contributed by atoms with Gasteiger partial charge in [-0.25, -0.2) is 0 Å². The zero-order valence-electron chi connectivity index (χ0n) is 25.5. The van der Waals surface area contributed by atoms with Gasteiger partial charge in [0, 0.05) is 30.1 Å². The van der Waals surface area contributed by atoms with Crippen molar-refractivity contribution in [2.24, 2.45) is 35.5 Å². The third-order valence-electron chi connectivity index (χ3n) is 11.3. The van der Waals surface area contributed by atoms with Crippen LogP contribution in [0.3, 0.4) is 0 Å². The lowest BCUT2D eigenvalue weighted by atomic mass is 9.60. The lowest BCUT2D eigenvalue weighted by Gasteiger charge is -2.52. The first-order chi connectivity index (χ1) is 18.5. The molecule has 0 aromatic heterocycles. The number of nitrogens with one attached hydrogen (secondary N) is 2. The van der Waals surface area contributed by atoms with Gasteiger partial charge in [-0.3, -0.25) is 0 Å². The van der Waals surface area contributed by atoms with Gasteiger partial charge >= 0.3 is 0 Å². The van der Waals surface area contributed by atoms with E-state index in [0.717, 1.165) is 55.8 Å². The van der Waals surface area contributed by atoms with Gasteiger partial charge in [-0.2, -0.15) is 12.6 Å². The van der Waals surface area contributed by atoms with Crippen molar-refractivity contribution in [2.75, 3.05) is 13.1 Å². The molecule has 0 radical (unpaired) electrons. The van der Waals surface area contributed by atoms with E-state index in [0.29, 0.717) is 35.9 Å². The molecule has 39 heavy (non-hydrogen) atoms. The van der Waals surface area contributed by atoms with E-state index in [1.54, 1.807) is 11.1 Å². The maximum atomic E-state index is 10.8. The Balaban J connectivity index is 1.78. The fourth-order valence-electron chi connectivity index (χ4n) is 8.60. The number of thiol groups is 1. The van der Waals surface area contributed by atoms with E-state index < -0.39 is 4.75 Å². The van der Waals surface area contributed by atoms with E-state index in [9.17, 15) is 5.11 Å². The molecule has 2 heterocycles. The van der Waals surface area contributed by atoms with Gasteiger partial charge < -0.3 is 15.7 Å². The summed E-state index contributed by atoms with van der Waals surface area (Å²) in [5.41, 5.74) is 7.36. The van der Waals surface area contributed by atoms with E-state index in [2.05, 4.69) is 77.1 Å². The summed E-state index contributed by atoms with van der Waals surface area (Å²) >= 11 is 5.36. The molecular formula is C35H54N2OS.